The van der Waals surface area contributed by atoms with Gasteiger partial charge in [0.2, 0.25) is 0 Å². The van der Waals surface area contributed by atoms with Crippen molar-refractivity contribution >= 4 is 29.0 Å². The largest absolute Gasteiger partial charge is 0.496 e. The maximum atomic E-state index is 9.73. The third-order valence-electron chi connectivity index (χ3n) is 4.35. The van der Waals surface area contributed by atoms with Gasteiger partial charge >= 0.3 is 0 Å². The van der Waals surface area contributed by atoms with Gasteiger partial charge < -0.3 is 19.9 Å². The summed E-state index contributed by atoms with van der Waals surface area (Å²) in [5.41, 5.74) is 8.39. The third kappa shape index (κ3) is 3.88. The highest BCUT2D eigenvalue weighted by molar-refractivity contribution is 6.35. The normalized spacial score (nSPS) is 10.3. The minimum atomic E-state index is 0.0518. The molecule has 3 aromatic rings. The number of pyridine rings is 1. The van der Waals surface area contributed by atoms with Gasteiger partial charge in [0.05, 0.1) is 37.6 Å². The molecule has 0 fully saturated rings. The number of nitrogen functional groups attached to an aromatic ring is 1. The lowest BCUT2D eigenvalue weighted by Crippen LogP contribution is -2.02. The molecule has 0 saturated heterocycles. The van der Waals surface area contributed by atoms with Crippen molar-refractivity contribution in [1.29, 1.82) is 5.26 Å². The summed E-state index contributed by atoms with van der Waals surface area (Å²) in [6.07, 6.45) is 0. The van der Waals surface area contributed by atoms with Gasteiger partial charge in [0.15, 0.2) is 0 Å². The standard InChI is InChI=1S/C21H17Cl2N3O3/c1-27-12-7-18(28-2)20(19(8-12)29-3)13-9-17(26-21(25)15(13)10-24)14-6-11(22)4-5-16(14)23/h4-9H,1-3H3,(H2,25,26). The minimum Gasteiger partial charge on any atom is -0.496 e. The summed E-state index contributed by atoms with van der Waals surface area (Å²) in [7, 11) is 4.57. The number of rotatable bonds is 5. The Bertz CT molecular complexity index is 1100. The lowest BCUT2D eigenvalue weighted by atomic mass is 9.96. The third-order valence-corrected chi connectivity index (χ3v) is 4.91. The average Bonchev–Trinajstić information content (AvgIpc) is 2.73. The van der Waals surface area contributed by atoms with Crippen molar-refractivity contribution in [3.05, 3.63) is 52.0 Å². The summed E-state index contributed by atoms with van der Waals surface area (Å²) < 4.78 is 16.4. The van der Waals surface area contributed by atoms with Crippen LogP contribution in [-0.4, -0.2) is 26.3 Å². The summed E-state index contributed by atoms with van der Waals surface area (Å²) in [6, 6.07) is 12.2. The Morgan fingerprint density at radius 2 is 1.59 bits per heavy atom. The van der Waals surface area contributed by atoms with Gasteiger partial charge in [0, 0.05) is 28.3 Å². The van der Waals surface area contributed by atoms with E-state index in [9.17, 15) is 5.26 Å². The molecular weight excluding hydrogens is 413 g/mol. The molecule has 0 bridgehead atoms. The number of nitrogens with zero attached hydrogens (tertiary/aromatic N) is 2. The molecule has 29 heavy (non-hydrogen) atoms. The molecule has 0 aliphatic heterocycles. The van der Waals surface area contributed by atoms with E-state index >= 15 is 0 Å². The van der Waals surface area contributed by atoms with E-state index in [2.05, 4.69) is 11.1 Å². The van der Waals surface area contributed by atoms with Crippen LogP contribution in [0.25, 0.3) is 22.4 Å². The molecule has 1 heterocycles. The highest BCUT2D eigenvalue weighted by Crippen LogP contribution is 2.45. The van der Waals surface area contributed by atoms with E-state index in [1.165, 1.54) is 21.3 Å². The zero-order valence-electron chi connectivity index (χ0n) is 15.9. The lowest BCUT2D eigenvalue weighted by Gasteiger charge is -2.17. The molecular formula is C21H17Cl2N3O3. The first-order chi connectivity index (χ1) is 13.9. The maximum Gasteiger partial charge on any atom is 0.142 e. The highest BCUT2D eigenvalue weighted by Gasteiger charge is 2.22. The molecule has 0 unspecified atom stereocenters. The van der Waals surface area contributed by atoms with Crippen molar-refractivity contribution in [1.82, 2.24) is 4.98 Å². The smallest absolute Gasteiger partial charge is 0.142 e. The number of hydrogen-bond donors (Lipinski definition) is 1. The molecule has 8 heteroatoms. The van der Waals surface area contributed by atoms with Crippen LogP contribution < -0.4 is 19.9 Å². The molecule has 1 aromatic heterocycles. The molecule has 0 spiro atoms. The van der Waals surface area contributed by atoms with Crippen LogP contribution in [0.4, 0.5) is 5.82 Å². The van der Waals surface area contributed by atoms with Crippen molar-refractivity contribution < 1.29 is 14.2 Å². The number of nitriles is 1. The van der Waals surface area contributed by atoms with Crippen molar-refractivity contribution in [2.45, 2.75) is 0 Å². The Morgan fingerprint density at radius 1 is 0.931 bits per heavy atom. The molecule has 0 atom stereocenters. The minimum absolute atomic E-state index is 0.0518. The van der Waals surface area contributed by atoms with Crippen LogP contribution in [0.5, 0.6) is 17.2 Å². The molecule has 0 aliphatic rings. The van der Waals surface area contributed by atoms with E-state index in [4.69, 9.17) is 43.1 Å². The van der Waals surface area contributed by atoms with Crippen molar-refractivity contribution in [2.75, 3.05) is 27.1 Å². The van der Waals surface area contributed by atoms with Crippen LogP contribution in [0.1, 0.15) is 5.56 Å². The van der Waals surface area contributed by atoms with Gasteiger partial charge in [-0.2, -0.15) is 5.26 Å². The first kappa shape index (κ1) is 20.6. The second-order valence-corrected chi connectivity index (χ2v) is 6.80. The Balaban J connectivity index is 2.37. The van der Waals surface area contributed by atoms with E-state index in [1.807, 2.05) is 0 Å². The number of anilines is 1. The van der Waals surface area contributed by atoms with Gasteiger partial charge in [0.25, 0.3) is 0 Å². The number of halogens is 2. The van der Waals surface area contributed by atoms with Crippen LogP contribution in [-0.2, 0) is 0 Å². The number of methoxy groups -OCH3 is 3. The van der Waals surface area contributed by atoms with Gasteiger partial charge in [-0.05, 0) is 24.3 Å². The monoisotopic (exact) mass is 429 g/mol. The molecule has 148 valence electrons. The molecule has 2 N–H and O–H groups in total. The van der Waals surface area contributed by atoms with E-state index in [0.717, 1.165) is 0 Å². The topological polar surface area (TPSA) is 90.4 Å². The van der Waals surface area contributed by atoms with Gasteiger partial charge in [-0.15, -0.1) is 0 Å². The van der Waals surface area contributed by atoms with Gasteiger partial charge in [-0.3, -0.25) is 0 Å². The predicted molar refractivity (Wildman–Crippen MR) is 114 cm³/mol. The molecule has 0 amide bonds. The number of hydrogen-bond acceptors (Lipinski definition) is 6. The summed E-state index contributed by atoms with van der Waals surface area (Å²) in [6.45, 7) is 0. The van der Waals surface area contributed by atoms with Crippen molar-refractivity contribution in [2.24, 2.45) is 0 Å². The van der Waals surface area contributed by atoms with E-state index < -0.39 is 0 Å². The number of aromatic nitrogens is 1. The zero-order valence-corrected chi connectivity index (χ0v) is 17.4. The van der Waals surface area contributed by atoms with E-state index in [-0.39, 0.29) is 11.4 Å². The van der Waals surface area contributed by atoms with Crippen LogP contribution in [0.2, 0.25) is 10.0 Å². The fraction of sp³-hybridized carbons (Fsp3) is 0.143. The van der Waals surface area contributed by atoms with Crippen LogP contribution in [0.15, 0.2) is 36.4 Å². The second kappa shape index (κ2) is 8.48. The first-order valence-corrected chi connectivity index (χ1v) is 9.15. The SMILES string of the molecule is COc1cc(OC)c(-c2cc(-c3cc(Cl)ccc3Cl)nc(N)c2C#N)c(OC)c1. The average molecular weight is 430 g/mol. The van der Waals surface area contributed by atoms with E-state index in [0.29, 0.717) is 49.7 Å². The zero-order chi connectivity index (χ0) is 21.1. The second-order valence-electron chi connectivity index (χ2n) is 5.96. The van der Waals surface area contributed by atoms with Crippen LogP contribution >= 0.6 is 23.2 Å². The van der Waals surface area contributed by atoms with Crippen LogP contribution in [0, 0.1) is 11.3 Å². The first-order valence-electron chi connectivity index (χ1n) is 8.39. The van der Waals surface area contributed by atoms with E-state index in [1.54, 1.807) is 36.4 Å². The molecule has 0 aliphatic carbocycles. The number of benzene rings is 2. The Hall–Kier alpha value is -3.14. The number of nitrogens with two attached hydrogens (primary N) is 1. The quantitative estimate of drug-likeness (QED) is 0.598. The van der Waals surface area contributed by atoms with Gasteiger partial charge in [-0.25, -0.2) is 4.98 Å². The molecule has 2 aromatic carbocycles. The summed E-state index contributed by atoms with van der Waals surface area (Å²) in [4.78, 5) is 4.35. The fourth-order valence-corrected chi connectivity index (χ4v) is 3.37. The maximum absolute atomic E-state index is 9.73. The fourth-order valence-electron chi connectivity index (χ4n) is 2.98. The number of ether oxygens (including phenoxy) is 3. The molecule has 3 rings (SSSR count). The summed E-state index contributed by atoms with van der Waals surface area (Å²) in [5, 5.41) is 10.7. The summed E-state index contributed by atoms with van der Waals surface area (Å²) >= 11 is 12.5. The molecule has 6 nitrogen and oxygen atoms in total. The molecule has 0 saturated carbocycles. The molecule has 0 radical (unpaired) electrons. The Labute approximate surface area is 178 Å². The lowest BCUT2D eigenvalue weighted by molar-refractivity contribution is 0.377. The predicted octanol–water partition coefficient (Wildman–Crippen LogP) is 5.20. The van der Waals surface area contributed by atoms with Crippen molar-refractivity contribution in [3.8, 4) is 45.7 Å². The highest BCUT2D eigenvalue weighted by atomic mass is 35.5. The van der Waals surface area contributed by atoms with Crippen LogP contribution in [0.3, 0.4) is 0 Å². The Kier molecular flexibility index (Phi) is 6.02. The van der Waals surface area contributed by atoms with Crippen molar-refractivity contribution in [3.63, 3.8) is 0 Å². The summed E-state index contributed by atoms with van der Waals surface area (Å²) in [5.74, 6) is 1.50. The van der Waals surface area contributed by atoms with Gasteiger partial charge in [-0.1, -0.05) is 23.2 Å². The Morgan fingerprint density at radius 3 is 2.14 bits per heavy atom. The van der Waals surface area contributed by atoms with Gasteiger partial charge in [0.1, 0.15) is 34.7 Å².